The van der Waals surface area contributed by atoms with Gasteiger partial charge in [0.1, 0.15) is 0 Å². The van der Waals surface area contributed by atoms with Crippen molar-refractivity contribution in [3.05, 3.63) is 57.8 Å². The Kier molecular flexibility index (Phi) is 4.81. The summed E-state index contributed by atoms with van der Waals surface area (Å²) in [4.78, 5) is 11.7. The summed E-state index contributed by atoms with van der Waals surface area (Å²) < 4.78 is 26.6. The molecule has 1 atom stereocenters. The Morgan fingerprint density at radius 1 is 1.30 bits per heavy atom. The summed E-state index contributed by atoms with van der Waals surface area (Å²) in [7, 11) is 0. The summed E-state index contributed by atoms with van der Waals surface area (Å²) in [5, 5.41) is 13.7. The third-order valence-electron chi connectivity index (χ3n) is 2.84. The highest BCUT2D eigenvalue weighted by Gasteiger charge is 2.17. The van der Waals surface area contributed by atoms with E-state index in [-0.39, 0.29) is 18.5 Å². The van der Waals surface area contributed by atoms with Gasteiger partial charge in [0.2, 0.25) is 0 Å². The quantitative estimate of drug-likeness (QED) is 0.860. The minimum Gasteiger partial charge on any atom is -0.481 e. The molecule has 2 aromatic rings. The molecule has 0 aliphatic heterocycles. The molecular weight excluding hydrogens is 284 g/mol. The first-order chi connectivity index (χ1) is 9.58. The first-order valence-corrected chi connectivity index (χ1v) is 6.87. The minimum atomic E-state index is -0.949. The summed E-state index contributed by atoms with van der Waals surface area (Å²) in [5.74, 6) is -2.76. The fourth-order valence-corrected chi connectivity index (χ4v) is 2.66. The van der Waals surface area contributed by atoms with Crippen molar-refractivity contribution in [2.45, 2.75) is 19.0 Å². The first-order valence-electron chi connectivity index (χ1n) is 5.99. The molecule has 1 heterocycles. The van der Waals surface area contributed by atoms with Gasteiger partial charge in [-0.1, -0.05) is 18.2 Å². The average Bonchev–Trinajstić information content (AvgIpc) is 2.92. The van der Waals surface area contributed by atoms with Gasteiger partial charge in [-0.2, -0.15) is 0 Å². The van der Waals surface area contributed by atoms with Crippen molar-refractivity contribution in [2.75, 3.05) is 0 Å². The Morgan fingerprint density at radius 2 is 2.10 bits per heavy atom. The number of aliphatic carboxylic acids is 1. The van der Waals surface area contributed by atoms with Gasteiger partial charge in [-0.3, -0.25) is 4.79 Å². The van der Waals surface area contributed by atoms with Gasteiger partial charge < -0.3 is 10.4 Å². The van der Waals surface area contributed by atoms with E-state index in [0.717, 1.165) is 10.9 Å². The molecule has 6 heteroatoms. The van der Waals surface area contributed by atoms with E-state index >= 15 is 0 Å². The van der Waals surface area contributed by atoms with Crippen LogP contribution in [0.3, 0.4) is 0 Å². The van der Waals surface area contributed by atoms with Crippen LogP contribution >= 0.6 is 11.3 Å². The third kappa shape index (κ3) is 3.61. The topological polar surface area (TPSA) is 49.3 Å². The van der Waals surface area contributed by atoms with Crippen LogP contribution in [0.5, 0.6) is 0 Å². The fraction of sp³-hybridized carbons (Fsp3) is 0.214. The van der Waals surface area contributed by atoms with E-state index < -0.39 is 23.6 Å². The summed E-state index contributed by atoms with van der Waals surface area (Å²) in [5.41, 5.74) is 0.178. The van der Waals surface area contributed by atoms with Gasteiger partial charge in [-0.25, -0.2) is 8.78 Å². The largest absolute Gasteiger partial charge is 0.481 e. The molecule has 0 amide bonds. The molecule has 2 N–H and O–H groups in total. The standard InChI is InChI=1S/C14H13F2NO2S/c15-10-4-1-3-9(14(10)16)8-17-11(7-13(18)19)12-5-2-6-20-12/h1-6,11,17H,7-8H2,(H,18,19). The van der Waals surface area contributed by atoms with Crippen molar-refractivity contribution in [2.24, 2.45) is 0 Å². The normalized spacial score (nSPS) is 12.3. The van der Waals surface area contributed by atoms with Crippen LogP contribution in [-0.2, 0) is 11.3 Å². The molecule has 20 heavy (non-hydrogen) atoms. The molecule has 0 spiro atoms. The highest BCUT2D eigenvalue weighted by atomic mass is 32.1. The third-order valence-corrected chi connectivity index (χ3v) is 3.82. The average molecular weight is 297 g/mol. The number of carboxylic acid groups (broad SMARTS) is 1. The fourth-order valence-electron chi connectivity index (χ4n) is 1.86. The van der Waals surface area contributed by atoms with Crippen LogP contribution in [0.4, 0.5) is 8.78 Å². The zero-order valence-corrected chi connectivity index (χ0v) is 11.3. The van der Waals surface area contributed by atoms with Crippen LogP contribution in [0.1, 0.15) is 22.9 Å². The lowest BCUT2D eigenvalue weighted by atomic mass is 10.1. The van der Waals surface area contributed by atoms with E-state index in [1.54, 1.807) is 0 Å². The van der Waals surface area contributed by atoms with Crippen molar-refractivity contribution in [1.29, 1.82) is 0 Å². The SMILES string of the molecule is O=C(O)CC(NCc1cccc(F)c1F)c1cccs1. The first kappa shape index (κ1) is 14.6. The highest BCUT2D eigenvalue weighted by molar-refractivity contribution is 7.10. The van der Waals surface area contributed by atoms with E-state index in [4.69, 9.17) is 5.11 Å². The molecular formula is C14H13F2NO2S. The zero-order chi connectivity index (χ0) is 14.5. The van der Waals surface area contributed by atoms with Crippen molar-refractivity contribution in [3.8, 4) is 0 Å². The molecule has 1 unspecified atom stereocenters. The van der Waals surface area contributed by atoms with Crippen LogP contribution in [0, 0.1) is 11.6 Å². The second-order valence-electron chi connectivity index (χ2n) is 4.26. The summed E-state index contributed by atoms with van der Waals surface area (Å²) in [6.07, 6.45) is -0.114. The van der Waals surface area contributed by atoms with Crippen LogP contribution in [0.25, 0.3) is 0 Å². The Balaban J connectivity index is 2.09. The lowest BCUT2D eigenvalue weighted by Crippen LogP contribution is -2.23. The Labute approximate surface area is 118 Å². The van der Waals surface area contributed by atoms with Gasteiger partial charge in [0, 0.05) is 17.0 Å². The number of hydrogen-bond donors (Lipinski definition) is 2. The van der Waals surface area contributed by atoms with Crippen LogP contribution in [0.15, 0.2) is 35.7 Å². The Hall–Kier alpha value is -1.79. The van der Waals surface area contributed by atoms with Gasteiger partial charge in [0.25, 0.3) is 0 Å². The molecule has 106 valence electrons. The van der Waals surface area contributed by atoms with Gasteiger partial charge in [-0.15, -0.1) is 11.3 Å². The van der Waals surface area contributed by atoms with Gasteiger partial charge in [-0.05, 0) is 17.5 Å². The van der Waals surface area contributed by atoms with Crippen molar-refractivity contribution in [3.63, 3.8) is 0 Å². The van der Waals surface area contributed by atoms with Crippen molar-refractivity contribution < 1.29 is 18.7 Å². The predicted octanol–water partition coefficient (Wildman–Crippen LogP) is 3.33. The summed E-state index contributed by atoms with van der Waals surface area (Å²) in [6, 6.07) is 7.15. The molecule has 3 nitrogen and oxygen atoms in total. The highest BCUT2D eigenvalue weighted by Crippen LogP contribution is 2.23. The summed E-state index contributed by atoms with van der Waals surface area (Å²) >= 11 is 1.42. The zero-order valence-electron chi connectivity index (χ0n) is 10.5. The smallest absolute Gasteiger partial charge is 0.305 e. The number of nitrogens with one attached hydrogen (secondary N) is 1. The van der Waals surface area contributed by atoms with E-state index in [1.807, 2.05) is 17.5 Å². The summed E-state index contributed by atoms with van der Waals surface area (Å²) in [6.45, 7) is 0.0689. The number of benzene rings is 1. The van der Waals surface area contributed by atoms with E-state index in [1.165, 1.54) is 23.5 Å². The van der Waals surface area contributed by atoms with Gasteiger partial charge >= 0.3 is 5.97 Å². The van der Waals surface area contributed by atoms with Crippen molar-refractivity contribution >= 4 is 17.3 Å². The molecule has 0 saturated carbocycles. The molecule has 1 aromatic heterocycles. The van der Waals surface area contributed by atoms with Gasteiger partial charge in [0.15, 0.2) is 11.6 Å². The van der Waals surface area contributed by atoms with E-state index in [0.29, 0.717) is 0 Å². The number of halogens is 2. The maximum atomic E-state index is 13.5. The number of carbonyl (C=O) groups is 1. The lowest BCUT2D eigenvalue weighted by molar-refractivity contribution is -0.137. The molecule has 0 bridgehead atoms. The maximum Gasteiger partial charge on any atom is 0.305 e. The Morgan fingerprint density at radius 3 is 2.75 bits per heavy atom. The van der Waals surface area contributed by atoms with E-state index in [2.05, 4.69) is 5.32 Å². The predicted molar refractivity (Wildman–Crippen MR) is 72.5 cm³/mol. The molecule has 0 aliphatic rings. The molecule has 2 rings (SSSR count). The number of rotatable bonds is 6. The van der Waals surface area contributed by atoms with E-state index in [9.17, 15) is 13.6 Å². The molecule has 0 saturated heterocycles. The Bertz CT molecular complexity index is 587. The second kappa shape index (κ2) is 6.58. The monoisotopic (exact) mass is 297 g/mol. The van der Waals surface area contributed by atoms with Gasteiger partial charge in [0.05, 0.1) is 12.5 Å². The molecule has 0 aliphatic carbocycles. The molecule has 0 fully saturated rings. The number of carboxylic acids is 1. The van der Waals surface area contributed by atoms with Crippen LogP contribution < -0.4 is 5.32 Å². The number of hydrogen-bond acceptors (Lipinski definition) is 3. The second-order valence-corrected chi connectivity index (χ2v) is 5.24. The molecule has 1 aromatic carbocycles. The molecule has 0 radical (unpaired) electrons. The lowest BCUT2D eigenvalue weighted by Gasteiger charge is -2.16. The number of thiophene rings is 1. The van der Waals surface area contributed by atoms with Crippen LogP contribution in [0.2, 0.25) is 0 Å². The maximum absolute atomic E-state index is 13.5. The van der Waals surface area contributed by atoms with Crippen molar-refractivity contribution in [1.82, 2.24) is 5.32 Å². The van der Waals surface area contributed by atoms with Crippen LogP contribution in [-0.4, -0.2) is 11.1 Å². The minimum absolute atomic E-state index is 0.0689.